The zero-order valence-corrected chi connectivity index (χ0v) is 13.9. The van der Waals surface area contributed by atoms with E-state index in [9.17, 15) is 13.2 Å². The van der Waals surface area contributed by atoms with E-state index in [1.54, 1.807) is 31.2 Å². The van der Waals surface area contributed by atoms with E-state index in [1.807, 2.05) is 30.3 Å². The molecule has 0 unspecified atom stereocenters. The third-order valence-corrected chi connectivity index (χ3v) is 5.09. The molecule has 1 atom stereocenters. The zero-order valence-electron chi connectivity index (χ0n) is 13.1. The first kappa shape index (κ1) is 16.2. The van der Waals surface area contributed by atoms with Crippen LogP contribution < -0.4 is 5.32 Å². The number of aromatic nitrogens is 2. The lowest BCUT2D eigenvalue weighted by Crippen LogP contribution is -2.32. The fourth-order valence-electron chi connectivity index (χ4n) is 2.43. The summed E-state index contributed by atoms with van der Waals surface area (Å²) in [6.07, 6.45) is 0. The molecule has 0 saturated carbocycles. The quantitative estimate of drug-likeness (QED) is 0.743. The average Bonchev–Trinajstić information content (AvgIpc) is 3.00. The minimum absolute atomic E-state index is 0.189. The molecule has 0 fully saturated rings. The Bertz CT molecular complexity index is 932. The van der Waals surface area contributed by atoms with Crippen LogP contribution >= 0.6 is 0 Å². The number of fused-ring (bicyclic) bond motifs is 1. The number of para-hydroxylation sites is 2. The summed E-state index contributed by atoms with van der Waals surface area (Å²) in [6.45, 7) is 1.81. The van der Waals surface area contributed by atoms with Gasteiger partial charge in [-0.25, -0.2) is 13.4 Å². The molecule has 0 aliphatic rings. The summed E-state index contributed by atoms with van der Waals surface area (Å²) in [4.78, 5) is 18.9. The van der Waals surface area contributed by atoms with E-state index in [1.165, 1.54) is 0 Å². The first-order valence-electron chi connectivity index (χ1n) is 7.47. The fourth-order valence-corrected chi connectivity index (χ4v) is 3.49. The van der Waals surface area contributed by atoms with Crippen LogP contribution in [0.25, 0.3) is 11.0 Å². The maximum Gasteiger partial charge on any atom is 0.236 e. The number of H-pyrrole nitrogens is 1. The van der Waals surface area contributed by atoms with Gasteiger partial charge in [-0.3, -0.25) is 4.79 Å². The smallest absolute Gasteiger partial charge is 0.236 e. The molecule has 124 valence electrons. The highest BCUT2D eigenvalue weighted by atomic mass is 32.2. The van der Waals surface area contributed by atoms with Gasteiger partial charge >= 0.3 is 0 Å². The largest absolute Gasteiger partial charge is 0.349 e. The Kier molecular flexibility index (Phi) is 4.35. The van der Waals surface area contributed by atoms with Crippen LogP contribution in [0, 0.1) is 0 Å². The van der Waals surface area contributed by atoms with Gasteiger partial charge in [-0.1, -0.05) is 42.5 Å². The van der Waals surface area contributed by atoms with E-state index in [0.29, 0.717) is 11.0 Å². The van der Waals surface area contributed by atoms with Crippen molar-refractivity contribution in [2.75, 3.05) is 5.75 Å². The van der Waals surface area contributed by atoms with Crippen molar-refractivity contribution in [3.63, 3.8) is 0 Å². The SMILES string of the molecule is C[C@@H](NC(=O)CS(=O)(=O)c1nc2ccccc2[nH]1)c1ccccc1. The van der Waals surface area contributed by atoms with Crippen LogP contribution in [0.5, 0.6) is 0 Å². The van der Waals surface area contributed by atoms with Gasteiger partial charge in [0, 0.05) is 0 Å². The number of nitrogens with one attached hydrogen (secondary N) is 2. The van der Waals surface area contributed by atoms with Crippen molar-refractivity contribution in [2.24, 2.45) is 0 Å². The minimum Gasteiger partial charge on any atom is -0.349 e. The summed E-state index contributed by atoms with van der Waals surface area (Å²) in [5.41, 5.74) is 2.08. The number of benzene rings is 2. The minimum atomic E-state index is -3.83. The van der Waals surface area contributed by atoms with Gasteiger partial charge in [-0.2, -0.15) is 0 Å². The zero-order chi connectivity index (χ0) is 17.2. The molecular formula is C17H17N3O3S. The first-order valence-corrected chi connectivity index (χ1v) is 9.13. The topological polar surface area (TPSA) is 91.9 Å². The number of hydrogen-bond donors (Lipinski definition) is 2. The average molecular weight is 343 g/mol. The molecule has 3 rings (SSSR count). The lowest BCUT2D eigenvalue weighted by atomic mass is 10.1. The second kappa shape index (κ2) is 6.45. The predicted molar refractivity (Wildman–Crippen MR) is 91.1 cm³/mol. The number of amides is 1. The standard InChI is InChI=1S/C17H17N3O3S/c1-12(13-7-3-2-4-8-13)18-16(21)11-24(22,23)17-19-14-9-5-6-10-15(14)20-17/h2-10,12H,11H2,1H3,(H,18,21)(H,19,20)/t12-/m1/s1. The van der Waals surface area contributed by atoms with Gasteiger partial charge in [0.1, 0.15) is 5.75 Å². The third kappa shape index (κ3) is 3.46. The molecule has 0 aliphatic carbocycles. The van der Waals surface area contributed by atoms with Gasteiger partial charge in [-0.05, 0) is 24.6 Å². The Labute approximate surface area is 139 Å². The summed E-state index contributed by atoms with van der Waals surface area (Å²) in [7, 11) is -3.83. The van der Waals surface area contributed by atoms with Crippen LogP contribution in [0.4, 0.5) is 0 Å². The predicted octanol–water partition coefficient (Wildman–Crippen LogP) is 2.21. The van der Waals surface area contributed by atoms with Crippen molar-refractivity contribution in [3.05, 3.63) is 60.2 Å². The molecule has 0 spiro atoms. The molecule has 1 aromatic heterocycles. The number of aromatic amines is 1. The summed E-state index contributed by atoms with van der Waals surface area (Å²) < 4.78 is 24.8. The van der Waals surface area contributed by atoms with Crippen molar-refractivity contribution < 1.29 is 13.2 Å². The Morgan fingerprint density at radius 3 is 2.50 bits per heavy atom. The molecule has 0 radical (unpaired) electrons. The van der Waals surface area contributed by atoms with Gasteiger partial charge in [0.05, 0.1) is 17.1 Å². The second-order valence-electron chi connectivity index (χ2n) is 5.52. The Hall–Kier alpha value is -2.67. The van der Waals surface area contributed by atoms with E-state index in [2.05, 4.69) is 15.3 Å². The number of carbonyl (C=O) groups is 1. The van der Waals surface area contributed by atoms with Crippen molar-refractivity contribution in [1.29, 1.82) is 0 Å². The number of imidazole rings is 1. The van der Waals surface area contributed by atoms with Gasteiger partial charge in [-0.15, -0.1) is 0 Å². The molecule has 2 aromatic carbocycles. The van der Waals surface area contributed by atoms with Crippen LogP contribution in [0.15, 0.2) is 59.8 Å². The number of carbonyl (C=O) groups excluding carboxylic acids is 1. The van der Waals surface area contributed by atoms with E-state index >= 15 is 0 Å². The van der Waals surface area contributed by atoms with E-state index in [0.717, 1.165) is 5.56 Å². The Morgan fingerprint density at radius 2 is 1.79 bits per heavy atom. The van der Waals surface area contributed by atoms with E-state index in [4.69, 9.17) is 0 Å². The normalized spacial score (nSPS) is 12.9. The molecule has 1 heterocycles. The van der Waals surface area contributed by atoms with Crippen molar-refractivity contribution >= 4 is 26.8 Å². The van der Waals surface area contributed by atoms with Gasteiger partial charge < -0.3 is 10.3 Å². The van der Waals surface area contributed by atoms with Crippen LogP contribution in [0.2, 0.25) is 0 Å². The highest BCUT2D eigenvalue weighted by Crippen LogP contribution is 2.16. The number of sulfone groups is 1. The monoisotopic (exact) mass is 343 g/mol. The van der Waals surface area contributed by atoms with Crippen molar-refractivity contribution in [1.82, 2.24) is 15.3 Å². The number of rotatable bonds is 5. The van der Waals surface area contributed by atoms with Crippen LogP contribution in [0.3, 0.4) is 0 Å². The van der Waals surface area contributed by atoms with Crippen LogP contribution in [-0.4, -0.2) is 30.0 Å². The molecule has 3 aromatic rings. The molecule has 1 amide bonds. The Balaban J connectivity index is 1.73. The number of hydrogen-bond acceptors (Lipinski definition) is 4. The highest BCUT2D eigenvalue weighted by Gasteiger charge is 2.24. The maximum absolute atomic E-state index is 12.4. The molecular weight excluding hydrogens is 326 g/mol. The van der Waals surface area contributed by atoms with Gasteiger partial charge in [0.25, 0.3) is 0 Å². The second-order valence-corrected chi connectivity index (χ2v) is 7.42. The van der Waals surface area contributed by atoms with E-state index < -0.39 is 21.5 Å². The van der Waals surface area contributed by atoms with Crippen LogP contribution in [-0.2, 0) is 14.6 Å². The Morgan fingerprint density at radius 1 is 1.12 bits per heavy atom. The first-order chi connectivity index (χ1) is 11.5. The molecule has 0 aliphatic heterocycles. The van der Waals surface area contributed by atoms with Gasteiger partial charge in [0.15, 0.2) is 0 Å². The molecule has 6 nitrogen and oxygen atoms in total. The van der Waals surface area contributed by atoms with Crippen molar-refractivity contribution in [2.45, 2.75) is 18.1 Å². The third-order valence-electron chi connectivity index (χ3n) is 3.66. The molecule has 2 N–H and O–H groups in total. The summed E-state index contributed by atoms with van der Waals surface area (Å²) in [6, 6.07) is 16.1. The number of nitrogens with zero attached hydrogens (tertiary/aromatic N) is 1. The molecule has 7 heteroatoms. The molecule has 0 bridgehead atoms. The van der Waals surface area contributed by atoms with E-state index in [-0.39, 0.29) is 11.2 Å². The fraction of sp³-hybridized carbons (Fsp3) is 0.176. The summed E-state index contributed by atoms with van der Waals surface area (Å²) in [5.74, 6) is -1.21. The van der Waals surface area contributed by atoms with Gasteiger partial charge in [0.2, 0.25) is 20.9 Å². The van der Waals surface area contributed by atoms with Crippen LogP contribution in [0.1, 0.15) is 18.5 Å². The lowest BCUT2D eigenvalue weighted by Gasteiger charge is -2.13. The van der Waals surface area contributed by atoms with Crippen molar-refractivity contribution in [3.8, 4) is 0 Å². The summed E-state index contributed by atoms with van der Waals surface area (Å²) in [5, 5.41) is 2.51. The maximum atomic E-state index is 12.4. The summed E-state index contributed by atoms with van der Waals surface area (Å²) >= 11 is 0. The lowest BCUT2D eigenvalue weighted by molar-refractivity contribution is -0.119. The molecule has 0 saturated heterocycles. The molecule has 24 heavy (non-hydrogen) atoms. The highest BCUT2D eigenvalue weighted by molar-refractivity contribution is 7.91.